The number of aromatic nitrogens is 3. The summed E-state index contributed by atoms with van der Waals surface area (Å²) >= 11 is 0. The van der Waals surface area contributed by atoms with Crippen molar-refractivity contribution in [2.45, 2.75) is 13.8 Å². The van der Waals surface area contributed by atoms with Crippen LogP contribution in [0.3, 0.4) is 0 Å². The summed E-state index contributed by atoms with van der Waals surface area (Å²) in [7, 11) is 0. The molecule has 0 bridgehead atoms. The molecule has 4 nitrogen and oxygen atoms in total. The molecular weight excluding hydrogens is 231 g/mol. The van der Waals surface area contributed by atoms with E-state index in [0.29, 0.717) is 16.9 Å². The highest BCUT2D eigenvalue weighted by molar-refractivity contribution is 5.92. The summed E-state index contributed by atoms with van der Waals surface area (Å²) < 4.78 is 13.3. The van der Waals surface area contributed by atoms with Gasteiger partial charge < -0.3 is 4.98 Å². The number of allylic oxidation sites excluding steroid dienone is 2. The van der Waals surface area contributed by atoms with Crippen LogP contribution in [0.1, 0.15) is 19.4 Å². The fourth-order valence-electron chi connectivity index (χ4n) is 1.43. The highest BCUT2D eigenvalue weighted by Crippen LogP contribution is 2.22. The molecule has 0 saturated heterocycles. The van der Waals surface area contributed by atoms with Crippen molar-refractivity contribution >= 4 is 22.9 Å². The summed E-state index contributed by atoms with van der Waals surface area (Å²) in [6.07, 6.45) is 6.03. The number of nitrogens with one attached hydrogen (secondary N) is 1. The van der Waals surface area contributed by atoms with Crippen LogP contribution in [0.5, 0.6) is 0 Å². The predicted octanol–water partition coefficient (Wildman–Crippen LogP) is 3.26. The van der Waals surface area contributed by atoms with E-state index in [9.17, 15) is 4.39 Å². The number of aliphatic imine (C=N–C) groups is 1. The third-order valence-electron chi connectivity index (χ3n) is 2.48. The minimum absolute atomic E-state index is 0.354. The first kappa shape index (κ1) is 12.2. The smallest absolute Gasteiger partial charge is 0.141 e. The number of aromatic amines is 1. The number of rotatable bonds is 3. The van der Waals surface area contributed by atoms with E-state index >= 15 is 0 Å². The van der Waals surface area contributed by atoms with Gasteiger partial charge in [-0.2, -0.15) is 0 Å². The van der Waals surface area contributed by atoms with Crippen molar-refractivity contribution in [1.82, 2.24) is 15.0 Å². The third kappa shape index (κ3) is 2.34. The summed E-state index contributed by atoms with van der Waals surface area (Å²) in [5.41, 5.74) is 2.52. The Morgan fingerprint density at radius 1 is 1.50 bits per heavy atom. The van der Waals surface area contributed by atoms with E-state index in [1.165, 1.54) is 12.5 Å². The maximum Gasteiger partial charge on any atom is 0.141 e. The number of hydrogen-bond acceptors (Lipinski definition) is 3. The molecule has 2 aromatic heterocycles. The first-order valence-corrected chi connectivity index (χ1v) is 5.43. The van der Waals surface area contributed by atoms with E-state index < -0.39 is 0 Å². The van der Waals surface area contributed by atoms with Crippen LogP contribution >= 0.6 is 0 Å². The Bertz CT molecular complexity index is 648. The number of nitrogens with zero attached hydrogens (tertiary/aromatic N) is 3. The zero-order chi connectivity index (χ0) is 13.1. The minimum Gasteiger partial charge on any atom is -0.345 e. The molecule has 0 aromatic carbocycles. The number of halogens is 1. The van der Waals surface area contributed by atoms with E-state index in [1.807, 2.05) is 0 Å². The molecule has 5 heteroatoms. The third-order valence-corrected chi connectivity index (χ3v) is 2.48. The standard InChI is InChI=1S/C13H13FN4/c1-8(2)12(14)6-16-9(3)10-5-17-13-11(10)4-15-7-18-13/h4-7H,3H2,1-2H3,(H,15,17,18)/b16-6-. The van der Waals surface area contributed by atoms with E-state index in [0.717, 1.165) is 10.9 Å². The zero-order valence-corrected chi connectivity index (χ0v) is 10.2. The van der Waals surface area contributed by atoms with Crippen LogP contribution in [0.2, 0.25) is 0 Å². The van der Waals surface area contributed by atoms with Crippen LogP contribution in [-0.4, -0.2) is 21.2 Å². The summed E-state index contributed by atoms with van der Waals surface area (Å²) in [6, 6.07) is 0. The van der Waals surface area contributed by atoms with Gasteiger partial charge in [-0.15, -0.1) is 0 Å². The fraction of sp³-hybridized carbons (Fsp3) is 0.154. The maximum atomic E-state index is 13.3. The molecule has 0 spiro atoms. The quantitative estimate of drug-likeness (QED) is 0.842. The van der Waals surface area contributed by atoms with Crippen LogP contribution in [0, 0.1) is 0 Å². The van der Waals surface area contributed by atoms with Crippen LogP contribution in [0.25, 0.3) is 16.7 Å². The molecule has 0 radical (unpaired) electrons. The molecule has 0 amide bonds. The first-order chi connectivity index (χ1) is 8.59. The lowest BCUT2D eigenvalue weighted by molar-refractivity contribution is 0.674. The lowest BCUT2D eigenvalue weighted by atomic mass is 10.2. The van der Waals surface area contributed by atoms with E-state index in [-0.39, 0.29) is 5.83 Å². The van der Waals surface area contributed by atoms with Crippen LogP contribution in [0.4, 0.5) is 4.39 Å². The zero-order valence-electron chi connectivity index (χ0n) is 10.2. The van der Waals surface area contributed by atoms with E-state index in [4.69, 9.17) is 0 Å². The highest BCUT2D eigenvalue weighted by atomic mass is 19.1. The van der Waals surface area contributed by atoms with Gasteiger partial charge in [-0.05, 0) is 19.4 Å². The Labute approximate surface area is 104 Å². The first-order valence-electron chi connectivity index (χ1n) is 5.43. The van der Waals surface area contributed by atoms with Crippen molar-refractivity contribution in [3.8, 4) is 0 Å². The molecule has 2 rings (SSSR count). The van der Waals surface area contributed by atoms with Crippen molar-refractivity contribution in [3.05, 3.63) is 42.3 Å². The molecule has 1 N–H and O–H groups in total. The fourth-order valence-corrected chi connectivity index (χ4v) is 1.43. The van der Waals surface area contributed by atoms with Gasteiger partial charge >= 0.3 is 0 Å². The van der Waals surface area contributed by atoms with Gasteiger partial charge in [0.1, 0.15) is 17.8 Å². The molecule has 0 saturated carbocycles. The van der Waals surface area contributed by atoms with Crippen molar-refractivity contribution in [1.29, 1.82) is 0 Å². The van der Waals surface area contributed by atoms with Crippen LogP contribution in [-0.2, 0) is 0 Å². The molecule has 2 aromatic rings. The molecule has 2 heterocycles. The van der Waals surface area contributed by atoms with Crippen molar-refractivity contribution in [2.75, 3.05) is 0 Å². The van der Waals surface area contributed by atoms with Gasteiger partial charge in [0, 0.05) is 23.3 Å². The van der Waals surface area contributed by atoms with Crippen molar-refractivity contribution < 1.29 is 4.39 Å². The second kappa shape index (κ2) is 4.91. The molecule has 18 heavy (non-hydrogen) atoms. The minimum atomic E-state index is -0.354. The Balaban J connectivity index is 2.33. The molecule has 0 aliphatic heterocycles. The highest BCUT2D eigenvalue weighted by Gasteiger charge is 2.06. The average Bonchev–Trinajstić information content (AvgIpc) is 2.79. The van der Waals surface area contributed by atoms with Gasteiger partial charge in [0.05, 0.1) is 11.9 Å². The molecule has 0 aliphatic carbocycles. The number of fused-ring (bicyclic) bond motifs is 1. The molecule has 92 valence electrons. The topological polar surface area (TPSA) is 53.9 Å². The SMILES string of the molecule is C=C(/N=C\C(F)=C(C)C)c1c[nH]c2ncncc12. The lowest BCUT2D eigenvalue weighted by Gasteiger charge is -1.97. The Hall–Kier alpha value is -2.30. The molecule has 0 fully saturated rings. The second-order valence-electron chi connectivity index (χ2n) is 4.04. The normalized spacial score (nSPS) is 11.1. The summed E-state index contributed by atoms with van der Waals surface area (Å²) in [6.45, 7) is 7.18. The maximum absolute atomic E-state index is 13.3. The van der Waals surface area contributed by atoms with E-state index in [2.05, 4.69) is 26.5 Å². The second-order valence-corrected chi connectivity index (χ2v) is 4.04. The molecule has 0 aliphatic rings. The predicted molar refractivity (Wildman–Crippen MR) is 70.9 cm³/mol. The molecule has 0 atom stereocenters. The Kier molecular flexibility index (Phi) is 3.32. The molecule has 0 unspecified atom stereocenters. The summed E-state index contributed by atoms with van der Waals surface area (Å²) in [5, 5.41) is 0.817. The van der Waals surface area contributed by atoms with Gasteiger partial charge in [-0.3, -0.25) is 4.99 Å². The average molecular weight is 244 g/mol. The van der Waals surface area contributed by atoms with Gasteiger partial charge in [-0.1, -0.05) is 6.58 Å². The summed E-state index contributed by atoms with van der Waals surface area (Å²) in [5.74, 6) is -0.354. The van der Waals surface area contributed by atoms with Gasteiger partial charge in [0.25, 0.3) is 0 Å². The van der Waals surface area contributed by atoms with Gasteiger partial charge in [0.2, 0.25) is 0 Å². The summed E-state index contributed by atoms with van der Waals surface area (Å²) in [4.78, 5) is 15.0. The Morgan fingerprint density at radius 2 is 2.28 bits per heavy atom. The monoisotopic (exact) mass is 244 g/mol. The van der Waals surface area contributed by atoms with Crippen molar-refractivity contribution in [2.24, 2.45) is 4.99 Å². The van der Waals surface area contributed by atoms with Crippen LogP contribution < -0.4 is 0 Å². The Morgan fingerprint density at radius 3 is 3.00 bits per heavy atom. The van der Waals surface area contributed by atoms with Gasteiger partial charge in [0.15, 0.2) is 0 Å². The number of H-pyrrole nitrogens is 1. The van der Waals surface area contributed by atoms with Gasteiger partial charge in [-0.25, -0.2) is 14.4 Å². The number of hydrogen-bond donors (Lipinski definition) is 1. The van der Waals surface area contributed by atoms with Crippen LogP contribution in [0.15, 0.2) is 41.7 Å². The largest absolute Gasteiger partial charge is 0.345 e. The van der Waals surface area contributed by atoms with E-state index in [1.54, 1.807) is 26.2 Å². The van der Waals surface area contributed by atoms with Crippen molar-refractivity contribution in [3.63, 3.8) is 0 Å². The lowest BCUT2D eigenvalue weighted by Crippen LogP contribution is -1.83. The molecular formula is C13H13FN4.